The van der Waals surface area contributed by atoms with Crippen LogP contribution in [-0.2, 0) is 11.3 Å². The van der Waals surface area contributed by atoms with Crippen LogP contribution in [0.15, 0.2) is 35.1 Å². The number of hydrogen-bond donors (Lipinski definition) is 2. The Kier molecular flexibility index (Phi) is 6.50. The van der Waals surface area contributed by atoms with Crippen LogP contribution in [0.25, 0.3) is 0 Å². The molecule has 0 fully saturated rings. The summed E-state index contributed by atoms with van der Waals surface area (Å²) in [5, 5.41) is 5.86. The van der Waals surface area contributed by atoms with Crippen molar-refractivity contribution >= 4 is 21.8 Å². The van der Waals surface area contributed by atoms with Crippen molar-refractivity contribution < 1.29 is 4.79 Å². The van der Waals surface area contributed by atoms with Gasteiger partial charge in [0.2, 0.25) is 5.91 Å². The van der Waals surface area contributed by atoms with Gasteiger partial charge in [0.05, 0.1) is 6.54 Å². The Bertz CT molecular complexity index is 379. The average Bonchev–Trinajstić information content (AvgIpc) is 2.37. The summed E-state index contributed by atoms with van der Waals surface area (Å²) in [7, 11) is 0. The number of nitrogens with zero attached hydrogens (tertiary/aromatic N) is 1. The molecule has 92 valence electrons. The maximum absolute atomic E-state index is 11.5. The van der Waals surface area contributed by atoms with E-state index in [4.69, 9.17) is 0 Å². The highest BCUT2D eigenvalue weighted by Crippen LogP contribution is 2.00. The molecule has 4 nitrogen and oxygen atoms in total. The van der Waals surface area contributed by atoms with Crippen LogP contribution >= 0.6 is 15.9 Å². The highest BCUT2D eigenvalue weighted by molar-refractivity contribution is 9.11. The fourth-order valence-electron chi connectivity index (χ4n) is 1.16. The van der Waals surface area contributed by atoms with Crippen LogP contribution in [-0.4, -0.2) is 24.0 Å². The molecule has 2 N–H and O–H groups in total. The van der Waals surface area contributed by atoms with Crippen molar-refractivity contribution in [1.29, 1.82) is 0 Å². The van der Waals surface area contributed by atoms with E-state index >= 15 is 0 Å². The SMILES string of the molecule is C/C=C(/Br)CNCC(=O)NCc1ccncc1. The quantitative estimate of drug-likeness (QED) is 0.838. The van der Waals surface area contributed by atoms with Gasteiger partial charge in [-0.15, -0.1) is 0 Å². The number of hydrogen-bond acceptors (Lipinski definition) is 3. The van der Waals surface area contributed by atoms with Crippen molar-refractivity contribution in [2.45, 2.75) is 13.5 Å². The third kappa shape index (κ3) is 6.19. The molecule has 17 heavy (non-hydrogen) atoms. The average molecular weight is 298 g/mol. The Morgan fingerprint density at radius 3 is 2.76 bits per heavy atom. The topological polar surface area (TPSA) is 54.0 Å². The van der Waals surface area contributed by atoms with Crippen molar-refractivity contribution in [3.05, 3.63) is 40.6 Å². The van der Waals surface area contributed by atoms with Crippen LogP contribution in [0.4, 0.5) is 0 Å². The molecule has 0 bridgehead atoms. The van der Waals surface area contributed by atoms with Crippen LogP contribution in [0.2, 0.25) is 0 Å². The standard InChI is InChI=1S/C12H16BrN3O/c1-2-11(13)8-15-9-12(17)16-7-10-3-5-14-6-4-10/h2-6,15H,7-9H2,1H3,(H,16,17)/b11-2+. The number of aromatic nitrogens is 1. The van der Waals surface area contributed by atoms with E-state index in [2.05, 4.69) is 31.5 Å². The number of pyridine rings is 1. The highest BCUT2D eigenvalue weighted by atomic mass is 79.9. The van der Waals surface area contributed by atoms with Crippen LogP contribution in [0, 0.1) is 0 Å². The van der Waals surface area contributed by atoms with Crippen LogP contribution < -0.4 is 10.6 Å². The van der Waals surface area contributed by atoms with E-state index in [0.717, 1.165) is 10.0 Å². The van der Waals surface area contributed by atoms with Crippen molar-refractivity contribution in [3.63, 3.8) is 0 Å². The fraction of sp³-hybridized carbons (Fsp3) is 0.333. The van der Waals surface area contributed by atoms with Gasteiger partial charge in [0.25, 0.3) is 0 Å². The van der Waals surface area contributed by atoms with Gasteiger partial charge in [-0.05, 0) is 24.6 Å². The highest BCUT2D eigenvalue weighted by Gasteiger charge is 2.00. The predicted octanol–water partition coefficient (Wildman–Crippen LogP) is 1.59. The summed E-state index contributed by atoms with van der Waals surface area (Å²) in [5.74, 6) is -0.0155. The molecule has 0 spiro atoms. The molecule has 1 rings (SSSR count). The zero-order valence-electron chi connectivity index (χ0n) is 9.74. The summed E-state index contributed by atoms with van der Waals surface area (Å²) in [5.41, 5.74) is 1.04. The number of nitrogens with one attached hydrogen (secondary N) is 2. The lowest BCUT2D eigenvalue weighted by Gasteiger charge is -2.06. The van der Waals surface area contributed by atoms with Gasteiger partial charge >= 0.3 is 0 Å². The molecular weight excluding hydrogens is 282 g/mol. The van der Waals surface area contributed by atoms with E-state index in [-0.39, 0.29) is 5.91 Å². The Morgan fingerprint density at radius 1 is 1.41 bits per heavy atom. The lowest BCUT2D eigenvalue weighted by atomic mass is 10.3. The van der Waals surface area contributed by atoms with Gasteiger partial charge in [-0.2, -0.15) is 0 Å². The summed E-state index contributed by atoms with van der Waals surface area (Å²) < 4.78 is 1.04. The number of allylic oxidation sites excluding steroid dienone is 1. The van der Waals surface area contributed by atoms with Gasteiger partial charge in [-0.3, -0.25) is 9.78 Å². The lowest BCUT2D eigenvalue weighted by Crippen LogP contribution is -2.33. The third-order valence-electron chi connectivity index (χ3n) is 2.13. The summed E-state index contributed by atoms with van der Waals surface area (Å²) in [6, 6.07) is 3.76. The summed E-state index contributed by atoms with van der Waals surface area (Å²) in [6.07, 6.45) is 5.37. The van der Waals surface area contributed by atoms with Gasteiger partial charge < -0.3 is 10.6 Å². The van der Waals surface area contributed by atoms with E-state index in [1.807, 2.05) is 25.1 Å². The maximum Gasteiger partial charge on any atom is 0.234 e. The van der Waals surface area contributed by atoms with Gasteiger partial charge in [-0.1, -0.05) is 22.0 Å². The molecule has 0 radical (unpaired) electrons. The van der Waals surface area contributed by atoms with E-state index < -0.39 is 0 Å². The van der Waals surface area contributed by atoms with E-state index in [0.29, 0.717) is 19.6 Å². The second-order valence-electron chi connectivity index (χ2n) is 3.47. The lowest BCUT2D eigenvalue weighted by molar-refractivity contribution is -0.120. The number of carbonyl (C=O) groups excluding carboxylic acids is 1. The van der Waals surface area contributed by atoms with Gasteiger partial charge in [0.1, 0.15) is 0 Å². The first kappa shape index (κ1) is 13.9. The molecule has 1 amide bonds. The molecule has 0 saturated carbocycles. The van der Waals surface area contributed by atoms with Crippen LogP contribution in [0.1, 0.15) is 12.5 Å². The smallest absolute Gasteiger partial charge is 0.234 e. The van der Waals surface area contributed by atoms with Crippen molar-refractivity contribution in [2.75, 3.05) is 13.1 Å². The van der Waals surface area contributed by atoms with Gasteiger partial charge in [0.15, 0.2) is 0 Å². The largest absolute Gasteiger partial charge is 0.351 e. The molecule has 0 aromatic carbocycles. The van der Waals surface area contributed by atoms with Crippen LogP contribution in [0.3, 0.4) is 0 Å². The normalized spacial score (nSPS) is 11.3. The minimum absolute atomic E-state index is 0.0155. The van der Waals surface area contributed by atoms with Crippen molar-refractivity contribution in [1.82, 2.24) is 15.6 Å². The molecule has 1 heterocycles. The molecule has 1 aromatic heterocycles. The molecule has 0 aliphatic heterocycles. The molecule has 0 aliphatic rings. The van der Waals surface area contributed by atoms with Crippen molar-refractivity contribution in [3.8, 4) is 0 Å². The second-order valence-corrected chi connectivity index (χ2v) is 4.49. The molecule has 0 saturated heterocycles. The number of halogens is 1. The Balaban J connectivity index is 2.18. The third-order valence-corrected chi connectivity index (χ3v) is 2.87. The molecule has 0 aliphatic carbocycles. The number of carbonyl (C=O) groups is 1. The number of rotatable bonds is 6. The predicted molar refractivity (Wildman–Crippen MR) is 71.6 cm³/mol. The van der Waals surface area contributed by atoms with E-state index in [9.17, 15) is 4.79 Å². The minimum atomic E-state index is -0.0155. The second kappa shape index (κ2) is 7.97. The molecule has 0 unspecified atom stereocenters. The first-order valence-corrected chi connectivity index (χ1v) is 6.18. The first-order chi connectivity index (χ1) is 8.22. The monoisotopic (exact) mass is 297 g/mol. The molecule has 0 atom stereocenters. The van der Waals surface area contributed by atoms with E-state index in [1.165, 1.54) is 0 Å². The number of amides is 1. The Morgan fingerprint density at radius 2 is 2.12 bits per heavy atom. The van der Waals surface area contributed by atoms with Gasteiger partial charge in [-0.25, -0.2) is 0 Å². The summed E-state index contributed by atoms with van der Waals surface area (Å²) in [6.45, 7) is 3.45. The van der Waals surface area contributed by atoms with E-state index in [1.54, 1.807) is 12.4 Å². The fourth-order valence-corrected chi connectivity index (χ4v) is 1.36. The molecule has 5 heteroatoms. The Labute approximate surface area is 110 Å². The minimum Gasteiger partial charge on any atom is -0.351 e. The Hall–Kier alpha value is -1.20. The van der Waals surface area contributed by atoms with Crippen molar-refractivity contribution in [2.24, 2.45) is 0 Å². The summed E-state index contributed by atoms with van der Waals surface area (Å²) in [4.78, 5) is 15.4. The van der Waals surface area contributed by atoms with Gasteiger partial charge in [0, 0.05) is 30.0 Å². The first-order valence-electron chi connectivity index (χ1n) is 5.39. The molecular formula is C12H16BrN3O. The summed E-state index contributed by atoms with van der Waals surface area (Å²) >= 11 is 3.36. The maximum atomic E-state index is 11.5. The zero-order valence-corrected chi connectivity index (χ0v) is 11.3. The van der Waals surface area contributed by atoms with Crippen LogP contribution in [0.5, 0.6) is 0 Å². The zero-order chi connectivity index (χ0) is 12.5. The molecule has 1 aromatic rings.